The van der Waals surface area contributed by atoms with Crippen molar-refractivity contribution in [2.75, 3.05) is 0 Å². The minimum Gasteiger partial charge on any atom is -0.478 e. The molecule has 0 saturated heterocycles. The number of thiazole rings is 1. The number of carboxylic acid groups (broad SMARTS) is 1. The highest BCUT2D eigenvalue weighted by atomic mass is 32.1. The standard InChI is InChI=1S/C20H23NO2S/c1-19(2)11-12-20(3,4)17-16(19)21-15(24-17)10-7-13-5-8-14(9-6-13)18(22)23/h5-10H,11-12H2,1-4H3,(H,22,23)/b10-7+. The van der Waals surface area contributed by atoms with Crippen molar-refractivity contribution >= 4 is 29.5 Å². The molecule has 126 valence electrons. The maximum Gasteiger partial charge on any atom is 0.335 e. The molecule has 0 atom stereocenters. The largest absolute Gasteiger partial charge is 0.478 e. The maximum absolute atomic E-state index is 10.9. The summed E-state index contributed by atoms with van der Waals surface area (Å²) in [5.41, 5.74) is 2.85. The molecule has 1 heterocycles. The third kappa shape index (κ3) is 3.16. The van der Waals surface area contributed by atoms with Crippen LogP contribution in [0, 0.1) is 0 Å². The molecule has 0 aliphatic heterocycles. The van der Waals surface area contributed by atoms with Gasteiger partial charge in [0.15, 0.2) is 0 Å². The SMILES string of the molecule is CC1(C)CCC(C)(C)c2sc(/C=C/c3ccc(C(=O)O)cc3)nc21. The molecule has 2 aromatic rings. The second-order valence-electron chi connectivity index (χ2n) is 7.76. The molecular weight excluding hydrogens is 318 g/mol. The van der Waals surface area contributed by atoms with Crippen LogP contribution in [0.25, 0.3) is 12.2 Å². The van der Waals surface area contributed by atoms with Gasteiger partial charge in [0, 0.05) is 15.7 Å². The molecule has 1 N–H and O–H groups in total. The van der Waals surface area contributed by atoms with Crippen molar-refractivity contribution in [2.24, 2.45) is 0 Å². The van der Waals surface area contributed by atoms with Gasteiger partial charge in [-0.3, -0.25) is 0 Å². The van der Waals surface area contributed by atoms with Crippen LogP contribution >= 0.6 is 11.3 Å². The monoisotopic (exact) mass is 341 g/mol. The van der Waals surface area contributed by atoms with Gasteiger partial charge in [0.2, 0.25) is 0 Å². The average Bonchev–Trinajstić information content (AvgIpc) is 2.97. The Morgan fingerprint density at radius 2 is 1.71 bits per heavy atom. The molecule has 0 bridgehead atoms. The molecule has 0 spiro atoms. The third-order valence-corrected chi connectivity index (χ3v) is 6.24. The second-order valence-corrected chi connectivity index (χ2v) is 8.79. The Kier molecular flexibility index (Phi) is 4.12. The lowest BCUT2D eigenvalue weighted by Gasteiger charge is -2.37. The minimum atomic E-state index is -0.900. The average molecular weight is 341 g/mol. The molecule has 4 heteroatoms. The fourth-order valence-corrected chi connectivity index (χ4v) is 4.37. The summed E-state index contributed by atoms with van der Waals surface area (Å²) in [5, 5.41) is 9.97. The van der Waals surface area contributed by atoms with Crippen LogP contribution < -0.4 is 0 Å². The maximum atomic E-state index is 10.9. The van der Waals surface area contributed by atoms with Crippen LogP contribution in [0.2, 0.25) is 0 Å². The highest BCUT2D eigenvalue weighted by molar-refractivity contribution is 7.12. The number of benzene rings is 1. The fraction of sp³-hybridized carbons (Fsp3) is 0.400. The van der Waals surface area contributed by atoms with Crippen molar-refractivity contribution in [1.82, 2.24) is 4.98 Å². The smallest absolute Gasteiger partial charge is 0.335 e. The van der Waals surface area contributed by atoms with E-state index in [1.54, 1.807) is 23.5 Å². The summed E-state index contributed by atoms with van der Waals surface area (Å²) in [6, 6.07) is 6.89. The molecule has 24 heavy (non-hydrogen) atoms. The van der Waals surface area contributed by atoms with E-state index >= 15 is 0 Å². The van der Waals surface area contributed by atoms with E-state index in [4.69, 9.17) is 10.1 Å². The zero-order valence-corrected chi connectivity index (χ0v) is 15.4. The fourth-order valence-electron chi connectivity index (χ4n) is 3.09. The molecule has 0 amide bonds. The summed E-state index contributed by atoms with van der Waals surface area (Å²) in [5.74, 6) is -0.900. The van der Waals surface area contributed by atoms with Crippen LogP contribution in [0.4, 0.5) is 0 Å². The van der Waals surface area contributed by atoms with Gasteiger partial charge in [0.1, 0.15) is 5.01 Å². The Bertz CT molecular complexity index is 764. The molecular formula is C20H23NO2S. The van der Waals surface area contributed by atoms with Gasteiger partial charge in [-0.1, -0.05) is 45.9 Å². The molecule has 1 aliphatic rings. The Hall–Kier alpha value is -1.94. The summed E-state index contributed by atoms with van der Waals surface area (Å²) in [6.45, 7) is 9.16. The number of nitrogens with zero attached hydrogens (tertiary/aromatic N) is 1. The first-order chi connectivity index (χ1) is 11.2. The number of carbonyl (C=O) groups is 1. The lowest BCUT2D eigenvalue weighted by Crippen LogP contribution is -2.32. The molecule has 0 saturated carbocycles. The molecule has 1 aromatic heterocycles. The van der Waals surface area contributed by atoms with Gasteiger partial charge in [-0.2, -0.15) is 0 Å². The number of hydrogen-bond acceptors (Lipinski definition) is 3. The van der Waals surface area contributed by atoms with E-state index in [1.807, 2.05) is 24.3 Å². The van der Waals surface area contributed by atoms with Crippen LogP contribution in [-0.4, -0.2) is 16.1 Å². The van der Waals surface area contributed by atoms with Crippen LogP contribution in [0.1, 0.15) is 72.0 Å². The first kappa shape index (κ1) is 16.9. The van der Waals surface area contributed by atoms with E-state index in [0.29, 0.717) is 5.56 Å². The minimum absolute atomic E-state index is 0.135. The van der Waals surface area contributed by atoms with Crippen LogP contribution in [0.15, 0.2) is 24.3 Å². The number of fused-ring (bicyclic) bond motifs is 1. The highest BCUT2D eigenvalue weighted by Crippen LogP contribution is 2.48. The molecule has 0 unspecified atom stereocenters. The van der Waals surface area contributed by atoms with E-state index in [1.165, 1.54) is 17.0 Å². The quantitative estimate of drug-likeness (QED) is 0.817. The van der Waals surface area contributed by atoms with E-state index in [2.05, 4.69) is 27.7 Å². The first-order valence-electron chi connectivity index (χ1n) is 8.22. The summed E-state index contributed by atoms with van der Waals surface area (Å²) in [6.07, 6.45) is 6.38. The number of carboxylic acids is 1. The molecule has 0 fully saturated rings. The number of hydrogen-bond donors (Lipinski definition) is 1. The zero-order chi connectivity index (χ0) is 17.5. The molecule has 3 nitrogen and oxygen atoms in total. The summed E-state index contributed by atoms with van der Waals surface area (Å²) in [7, 11) is 0. The number of rotatable bonds is 3. The molecule has 3 rings (SSSR count). The van der Waals surface area contributed by atoms with Gasteiger partial charge in [-0.15, -0.1) is 11.3 Å². The predicted molar refractivity (Wildman–Crippen MR) is 99.7 cm³/mol. The zero-order valence-electron chi connectivity index (χ0n) is 14.6. The lowest BCUT2D eigenvalue weighted by molar-refractivity contribution is 0.0697. The van der Waals surface area contributed by atoms with Crippen molar-refractivity contribution < 1.29 is 9.90 Å². The van der Waals surface area contributed by atoms with Crippen LogP contribution in [0.5, 0.6) is 0 Å². The second kappa shape index (κ2) is 5.85. The summed E-state index contributed by atoms with van der Waals surface area (Å²) >= 11 is 1.78. The number of aromatic nitrogens is 1. The van der Waals surface area contributed by atoms with Crippen LogP contribution in [0.3, 0.4) is 0 Å². The van der Waals surface area contributed by atoms with E-state index in [0.717, 1.165) is 17.0 Å². The van der Waals surface area contributed by atoms with E-state index < -0.39 is 5.97 Å². The Morgan fingerprint density at radius 3 is 2.29 bits per heavy atom. The van der Waals surface area contributed by atoms with Gasteiger partial charge in [0.05, 0.1) is 11.3 Å². The summed E-state index contributed by atoms with van der Waals surface area (Å²) < 4.78 is 0. The normalized spacial score (nSPS) is 18.5. The molecule has 1 aliphatic carbocycles. The lowest BCUT2D eigenvalue weighted by atomic mass is 9.69. The van der Waals surface area contributed by atoms with Gasteiger partial charge in [-0.05, 0) is 36.6 Å². The Labute approximate surface area is 147 Å². The molecule has 1 aromatic carbocycles. The first-order valence-corrected chi connectivity index (χ1v) is 9.04. The topological polar surface area (TPSA) is 50.2 Å². The molecule has 0 radical (unpaired) electrons. The van der Waals surface area contributed by atoms with Crippen LogP contribution in [-0.2, 0) is 10.8 Å². The van der Waals surface area contributed by atoms with Gasteiger partial charge in [0.25, 0.3) is 0 Å². The predicted octanol–water partition coefficient (Wildman–Crippen LogP) is 5.36. The third-order valence-electron chi connectivity index (χ3n) is 4.85. The van der Waals surface area contributed by atoms with Crippen molar-refractivity contribution in [3.8, 4) is 0 Å². The Balaban J connectivity index is 1.89. The summed E-state index contributed by atoms with van der Waals surface area (Å²) in [4.78, 5) is 17.2. The van der Waals surface area contributed by atoms with Crippen molar-refractivity contribution in [3.05, 3.63) is 51.0 Å². The number of aromatic carboxylic acids is 1. The van der Waals surface area contributed by atoms with Crippen molar-refractivity contribution in [1.29, 1.82) is 0 Å². The van der Waals surface area contributed by atoms with E-state index in [9.17, 15) is 4.79 Å². The highest BCUT2D eigenvalue weighted by Gasteiger charge is 2.40. The van der Waals surface area contributed by atoms with Crippen molar-refractivity contribution in [3.63, 3.8) is 0 Å². The van der Waals surface area contributed by atoms with E-state index in [-0.39, 0.29) is 10.8 Å². The van der Waals surface area contributed by atoms with Gasteiger partial charge < -0.3 is 5.11 Å². The van der Waals surface area contributed by atoms with Crippen molar-refractivity contribution in [2.45, 2.75) is 51.4 Å². The Morgan fingerprint density at radius 1 is 1.08 bits per heavy atom. The van der Waals surface area contributed by atoms with Gasteiger partial charge in [-0.25, -0.2) is 9.78 Å². The van der Waals surface area contributed by atoms with Gasteiger partial charge >= 0.3 is 5.97 Å².